The van der Waals surface area contributed by atoms with E-state index in [0.717, 1.165) is 35.4 Å². The summed E-state index contributed by atoms with van der Waals surface area (Å²) in [5, 5.41) is 2.96. The maximum Gasteiger partial charge on any atom is 0.227 e. The quantitative estimate of drug-likeness (QED) is 0.831. The number of imidazole rings is 1. The topological polar surface area (TPSA) is 57.8 Å². The number of aromatic amines is 1. The Kier molecular flexibility index (Phi) is 2.35. The van der Waals surface area contributed by atoms with Gasteiger partial charge in [-0.25, -0.2) is 4.98 Å². The molecular weight excluding hydrogens is 214 g/mol. The van der Waals surface area contributed by atoms with Gasteiger partial charge in [-0.3, -0.25) is 4.79 Å². The third kappa shape index (κ3) is 1.90. The van der Waals surface area contributed by atoms with Crippen LogP contribution in [0.2, 0.25) is 0 Å². The van der Waals surface area contributed by atoms with Crippen LogP contribution in [0.1, 0.15) is 25.1 Å². The highest BCUT2D eigenvalue weighted by Gasteiger charge is 2.25. The second-order valence-corrected chi connectivity index (χ2v) is 4.67. The van der Waals surface area contributed by atoms with Gasteiger partial charge in [0.1, 0.15) is 5.82 Å². The summed E-state index contributed by atoms with van der Waals surface area (Å²) in [7, 11) is 0. The van der Waals surface area contributed by atoms with Crippen molar-refractivity contribution in [1.82, 2.24) is 9.97 Å². The Bertz CT molecular complexity index is 569. The fourth-order valence-electron chi connectivity index (χ4n) is 2.13. The number of nitrogens with one attached hydrogen (secondary N) is 2. The number of hydrogen-bond donors (Lipinski definition) is 2. The van der Waals surface area contributed by atoms with E-state index in [1.165, 1.54) is 6.42 Å². The first kappa shape index (κ1) is 10.3. The van der Waals surface area contributed by atoms with Crippen LogP contribution in [0, 0.1) is 12.8 Å². The Balaban J connectivity index is 1.82. The summed E-state index contributed by atoms with van der Waals surface area (Å²) in [6.07, 6.45) is 3.23. The zero-order valence-corrected chi connectivity index (χ0v) is 9.79. The molecule has 1 aliphatic carbocycles. The van der Waals surface area contributed by atoms with Crippen molar-refractivity contribution in [3.05, 3.63) is 24.0 Å². The summed E-state index contributed by atoms with van der Waals surface area (Å²) in [5.74, 6) is 1.25. The molecule has 1 saturated carbocycles. The van der Waals surface area contributed by atoms with Crippen molar-refractivity contribution in [2.24, 2.45) is 5.92 Å². The zero-order chi connectivity index (χ0) is 11.8. The Labute approximate surface area is 99.4 Å². The van der Waals surface area contributed by atoms with Crippen LogP contribution in [0.25, 0.3) is 11.0 Å². The zero-order valence-electron chi connectivity index (χ0n) is 9.79. The Morgan fingerprint density at radius 3 is 3.00 bits per heavy atom. The minimum atomic E-state index is 0.145. The van der Waals surface area contributed by atoms with E-state index in [1.807, 2.05) is 25.1 Å². The number of hydrogen-bond acceptors (Lipinski definition) is 2. The van der Waals surface area contributed by atoms with Crippen LogP contribution in [-0.2, 0) is 4.79 Å². The van der Waals surface area contributed by atoms with E-state index in [4.69, 9.17) is 0 Å². The van der Waals surface area contributed by atoms with Gasteiger partial charge in [0, 0.05) is 11.6 Å². The maximum atomic E-state index is 11.8. The van der Waals surface area contributed by atoms with Gasteiger partial charge in [0.05, 0.1) is 11.0 Å². The normalized spacial score (nSPS) is 15.8. The van der Waals surface area contributed by atoms with Gasteiger partial charge in [0.25, 0.3) is 0 Å². The Morgan fingerprint density at radius 1 is 1.47 bits per heavy atom. The number of aromatic nitrogens is 2. The number of amides is 1. The van der Waals surface area contributed by atoms with Crippen LogP contribution in [0.5, 0.6) is 0 Å². The van der Waals surface area contributed by atoms with Gasteiger partial charge in [0.15, 0.2) is 0 Å². The highest BCUT2D eigenvalue weighted by atomic mass is 16.1. The number of H-pyrrole nitrogens is 1. The van der Waals surface area contributed by atoms with Gasteiger partial charge in [-0.1, -0.05) is 6.42 Å². The average Bonchev–Trinajstić information content (AvgIpc) is 2.54. The molecule has 2 aromatic rings. The molecule has 0 unspecified atom stereocenters. The maximum absolute atomic E-state index is 11.8. The second kappa shape index (κ2) is 3.87. The first-order chi connectivity index (χ1) is 8.22. The summed E-state index contributed by atoms with van der Waals surface area (Å²) >= 11 is 0. The van der Waals surface area contributed by atoms with Crippen LogP contribution >= 0.6 is 0 Å². The van der Waals surface area contributed by atoms with Gasteiger partial charge in [-0.2, -0.15) is 0 Å². The van der Waals surface area contributed by atoms with E-state index >= 15 is 0 Å². The molecule has 2 N–H and O–H groups in total. The number of aryl methyl sites for hydroxylation is 1. The predicted octanol–water partition coefficient (Wildman–Crippen LogP) is 2.61. The van der Waals surface area contributed by atoms with Crippen molar-refractivity contribution < 1.29 is 4.79 Å². The molecule has 0 radical (unpaired) electrons. The molecule has 88 valence electrons. The first-order valence-electron chi connectivity index (χ1n) is 5.99. The van der Waals surface area contributed by atoms with E-state index in [1.54, 1.807) is 0 Å². The first-order valence-corrected chi connectivity index (χ1v) is 5.99. The van der Waals surface area contributed by atoms with Crippen molar-refractivity contribution >= 4 is 22.6 Å². The van der Waals surface area contributed by atoms with Gasteiger partial charge in [-0.15, -0.1) is 0 Å². The molecule has 1 aliphatic rings. The van der Waals surface area contributed by atoms with Gasteiger partial charge >= 0.3 is 0 Å². The predicted molar refractivity (Wildman–Crippen MR) is 66.8 cm³/mol. The number of carbonyl (C=O) groups excluding carboxylic acids is 1. The van der Waals surface area contributed by atoms with E-state index in [2.05, 4.69) is 15.3 Å². The molecular formula is C13H15N3O. The molecule has 4 nitrogen and oxygen atoms in total. The lowest BCUT2D eigenvalue weighted by atomic mass is 9.85. The highest BCUT2D eigenvalue weighted by Crippen LogP contribution is 2.28. The van der Waals surface area contributed by atoms with Gasteiger partial charge in [-0.05, 0) is 38.0 Å². The number of rotatable bonds is 2. The summed E-state index contributed by atoms with van der Waals surface area (Å²) < 4.78 is 0. The summed E-state index contributed by atoms with van der Waals surface area (Å²) in [6.45, 7) is 1.92. The van der Waals surface area contributed by atoms with Crippen molar-refractivity contribution in [2.45, 2.75) is 26.2 Å². The lowest BCUT2D eigenvalue weighted by Gasteiger charge is -2.23. The SMILES string of the molecule is Cc1nc2ccc(NC(=O)C3CCC3)cc2[nH]1. The molecule has 1 amide bonds. The lowest BCUT2D eigenvalue weighted by Crippen LogP contribution is -2.27. The number of nitrogens with zero attached hydrogens (tertiary/aromatic N) is 1. The molecule has 1 aromatic heterocycles. The van der Waals surface area contributed by atoms with Crippen molar-refractivity contribution in [3.8, 4) is 0 Å². The fourth-order valence-corrected chi connectivity index (χ4v) is 2.13. The molecule has 1 aromatic carbocycles. The lowest BCUT2D eigenvalue weighted by molar-refractivity contribution is -0.122. The van der Waals surface area contributed by atoms with Gasteiger partial charge < -0.3 is 10.3 Å². The number of anilines is 1. The van der Waals surface area contributed by atoms with E-state index in [-0.39, 0.29) is 11.8 Å². The molecule has 3 rings (SSSR count). The molecule has 0 spiro atoms. The third-order valence-corrected chi connectivity index (χ3v) is 3.34. The third-order valence-electron chi connectivity index (χ3n) is 3.34. The van der Waals surface area contributed by atoms with E-state index < -0.39 is 0 Å². The molecule has 4 heteroatoms. The highest BCUT2D eigenvalue weighted by molar-refractivity contribution is 5.94. The summed E-state index contributed by atoms with van der Waals surface area (Å²) in [5.41, 5.74) is 2.75. The van der Waals surface area contributed by atoms with Gasteiger partial charge in [0.2, 0.25) is 5.91 Å². The molecule has 17 heavy (non-hydrogen) atoms. The summed E-state index contributed by atoms with van der Waals surface area (Å²) in [6, 6.07) is 5.76. The van der Waals surface area contributed by atoms with Crippen molar-refractivity contribution in [1.29, 1.82) is 0 Å². The number of carbonyl (C=O) groups is 1. The fraction of sp³-hybridized carbons (Fsp3) is 0.385. The Morgan fingerprint density at radius 2 is 2.29 bits per heavy atom. The molecule has 0 aliphatic heterocycles. The Hall–Kier alpha value is -1.84. The number of fused-ring (bicyclic) bond motifs is 1. The van der Waals surface area contributed by atoms with Crippen LogP contribution < -0.4 is 5.32 Å². The minimum Gasteiger partial charge on any atom is -0.342 e. The van der Waals surface area contributed by atoms with Crippen LogP contribution in [-0.4, -0.2) is 15.9 Å². The molecule has 0 atom stereocenters. The van der Waals surface area contributed by atoms with Crippen molar-refractivity contribution in [3.63, 3.8) is 0 Å². The molecule has 0 bridgehead atoms. The monoisotopic (exact) mass is 229 g/mol. The summed E-state index contributed by atoms with van der Waals surface area (Å²) in [4.78, 5) is 19.3. The molecule has 1 heterocycles. The van der Waals surface area contributed by atoms with Crippen molar-refractivity contribution in [2.75, 3.05) is 5.32 Å². The van der Waals surface area contributed by atoms with E-state index in [0.29, 0.717) is 0 Å². The average molecular weight is 229 g/mol. The van der Waals surface area contributed by atoms with Crippen LogP contribution in [0.15, 0.2) is 18.2 Å². The smallest absolute Gasteiger partial charge is 0.227 e. The standard InChI is InChI=1S/C13H15N3O/c1-8-14-11-6-5-10(7-12(11)15-8)16-13(17)9-3-2-4-9/h5-7,9H,2-4H2,1H3,(H,14,15)(H,16,17). The van der Waals surface area contributed by atoms with Crippen LogP contribution in [0.4, 0.5) is 5.69 Å². The van der Waals surface area contributed by atoms with Crippen LogP contribution in [0.3, 0.4) is 0 Å². The number of benzene rings is 1. The molecule has 0 saturated heterocycles. The van der Waals surface area contributed by atoms with E-state index in [9.17, 15) is 4.79 Å². The minimum absolute atomic E-state index is 0.145. The second-order valence-electron chi connectivity index (χ2n) is 4.67. The molecule has 1 fully saturated rings. The largest absolute Gasteiger partial charge is 0.342 e.